The van der Waals surface area contributed by atoms with Crippen molar-refractivity contribution in [1.29, 1.82) is 0 Å². The van der Waals surface area contributed by atoms with E-state index in [-0.39, 0.29) is 17.5 Å². The van der Waals surface area contributed by atoms with E-state index in [4.69, 9.17) is 8.20 Å². The van der Waals surface area contributed by atoms with Gasteiger partial charge < -0.3 is 0 Å². The summed E-state index contributed by atoms with van der Waals surface area (Å²) >= 11 is 2.01. The average molecular weight is 767 g/mol. The van der Waals surface area contributed by atoms with E-state index in [9.17, 15) is 0 Å². The van der Waals surface area contributed by atoms with Gasteiger partial charge in [0, 0.05) is 0 Å². The molecule has 1 saturated heterocycles. The van der Waals surface area contributed by atoms with Crippen LogP contribution in [0.1, 0.15) is 24.0 Å². The molecule has 2 aromatic carbocycles. The molecule has 1 aromatic heterocycles. The molecule has 1 fully saturated rings. The van der Waals surface area contributed by atoms with Crippen LogP contribution in [0, 0.1) is 5.92 Å². The number of piperidine rings is 1. The Labute approximate surface area is 234 Å². The van der Waals surface area contributed by atoms with Gasteiger partial charge in [0.15, 0.2) is 0 Å². The topological polar surface area (TPSA) is 52.9 Å². The van der Waals surface area contributed by atoms with Crippen LogP contribution in [-0.2, 0) is 13.1 Å². The van der Waals surface area contributed by atoms with Crippen LogP contribution in [0.3, 0.4) is 0 Å². The molecule has 186 valence electrons. The predicted octanol–water partition coefficient (Wildman–Crippen LogP) is 3.61. The van der Waals surface area contributed by atoms with Crippen LogP contribution in [0.15, 0.2) is 95.1 Å². The van der Waals surface area contributed by atoms with Crippen molar-refractivity contribution in [2.24, 2.45) is 14.1 Å². The number of hydrogen-bond acceptors (Lipinski definition) is 5. The number of halogens is 3. The molecule has 1 atom stereocenters. The van der Waals surface area contributed by atoms with E-state index in [1.165, 1.54) is 42.3 Å². The van der Waals surface area contributed by atoms with Gasteiger partial charge in [0.1, 0.15) is 0 Å². The Hall–Kier alpha value is -1.63. The maximum atomic E-state index is 5.15. The van der Waals surface area contributed by atoms with Crippen LogP contribution in [0.2, 0.25) is 0 Å². The summed E-state index contributed by atoms with van der Waals surface area (Å²) in [4.78, 5) is 12.0. The normalized spacial score (nSPS) is 22.7. The van der Waals surface area contributed by atoms with Crippen LogP contribution in [-0.4, -0.2) is 32.9 Å². The second-order valence-corrected chi connectivity index (χ2v) is 22.4. The molecule has 0 amide bonds. The molecule has 3 aromatic rings. The summed E-state index contributed by atoms with van der Waals surface area (Å²) in [5.41, 5.74) is 3.89. The molecule has 1 unspecified atom stereocenters. The number of hydrogen-bond donors (Lipinski definition) is 1. The number of nitrogens with zero attached hydrogens (tertiary/aromatic N) is 4. The quantitative estimate of drug-likeness (QED) is 0.320. The van der Waals surface area contributed by atoms with E-state index in [1.54, 1.807) is 0 Å². The third-order valence-electron chi connectivity index (χ3n) is 6.64. The minimum atomic E-state index is -1.57. The van der Waals surface area contributed by atoms with Crippen molar-refractivity contribution >= 4 is 52.5 Å². The zero-order chi connectivity index (χ0) is 24.3. The third-order valence-corrected chi connectivity index (χ3v) is 21.7. The molecular weight excluding hydrogens is 740 g/mol. The molecule has 0 radical (unpaired) electrons. The van der Waals surface area contributed by atoms with Gasteiger partial charge >= 0.3 is 230 Å². The fourth-order valence-electron chi connectivity index (χ4n) is 4.86. The Balaban J connectivity index is 1.23. The molecule has 8 heteroatoms. The van der Waals surface area contributed by atoms with E-state index in [2.05, 4.69) is 85.7 Å². The summed E-state index contributed by atoms with van der Waals surface area (Å²) in [6.45, 7) is 3.92. The van der Waals surface area contributed by atoms with Crippen molar-refractivity contribution in [3.8, 4) is 0 Å². The Morgan fingerprint density at radius 3 is 2.92 bits per heavy atom. The maximum absolute atomic E-state index is 5.15. The monoisotopic (exact) mass is 766 g/mol. The summed E-state index contributed by atoms with van der Waals surface area (Å²) in [5.74, 6) is 0.491. The second kappa shape index (κ2) is 11.4. The van der Waals surface area contributed by atoms with Crippen molar-refractivity contribution in [3.05, 3.63) is 98.1 Å². The molecule has 0 spiro atoms. The van der Waals surface area contributed by atoms with Gasteiger partial charge in [-0.25, -0.2) is 0 Å². The van der Waals surface area contributed by atoms with Gasteiger partial charge in [-0.3, -0.25) is 0 Å². The molecular formula is C28H27BrI2N5-. The van der Waals surface area contributed by atoms with Crippen molar-refractivity contribution in [3.63, 3.8) is 0 Å². The summed E-state index contributed by atoms with van der Waals surface area (Å²) in [7, 11) is 0. The van der Waals surface area contributed by atoms with E-state index >= 15 is 0 Å². The third kappa shape index (κ3) is 5.61. The number of aliphatic imine (C=N–C) groups is 1. The van der Waals surface area contributed by atoms with Gasteiger partial charge in [0.2, 0.25) is 0 Å². The number of benzene rings is 2. The Kier molecular flexibility index (Phi) is 7.82. The predicted molar refractivity (Wildman–Crippen MR) is 157 cm³/mol. The minimum absolute atomic E-state index is 0.218. The molecule has 36 heavy (non-hydrogen) atoms. The summed E-state index contributed by atoms with van der Waals surface area (Å²) < 4.78 is 8.59. The molecule has 3 aliphatic heterocycles. The molecule has 0 bridgehead atoms. The standard InChI is InChI=1S/C28H27BrI2N5/c29-25-17-34-30-31-27(33-16-21-5-3-11-32-15-21)14-26(35-28(25)31)24-8-4-12-36(19-24)18-20-9-10-22-6-1-2-7-23(22)13-20/h1-3,5-7,9-11,13-15,17,24,35H,4,8,12,16,18-19H2/q-1. The van der Waals surface area contributed by atoms with E-state index < -0.39 is 15.8 Å². The number of nitrogens with one attached hydrogen (secondary N) is 1. The van der Waals surface area contributed by atoms with Crippen molar-refractivity contribution in [2.75, 3.05) is 13.1 Å². The number of likely N-dealkylation sites (tertiary alicyclic amines) is 1. The van der Waals surface area contributed by atoms with Gasteiger partial charge in [-0.15, -0.1) is 0 Å². The van der Waals surface area contributed by atoms with Gasteiger partial charge in [-0.05, 0) is 0 Å². The number of pyridine rings is 1. The summed E-state index contributed by atoms with van der Waals surface area (Å²) in [6.07, 6.45) is 10.6. The van der Waals surface area contributed by atoms with Gasteiger partial charge in [0.05, 0.1) is 0 Å². The second-order valence-electron chi connectivity index (χ2n) is 9.17. The fraction of sp³-hybridized carbons (Fsp3) is 0.250. The summed E-state index contributed by atoms with van der Waals surface area (Å²) in [6, 6.07) is 19.6. The first-order chi connectivity index (χ1) is 17.7. The first kappa shape index (κ1) is 24.7. The number of rotatable bonds is 5. The van der Waals surface area contributed by atoms with Crippen LogP contribution in [0.5, 0.6) is 0 Å². The number of fused-ring (bicyclic) bond motifs is 2. The SMILES string of the molecule is BrC1=C2NC(C3CCCN(Cc4ccc5ccccc5c4)C3)=CC(=NCc3cccnc3)I2[I-]N=C1. The molecule has 4 heterocycles. The number of allylic oxidation sites excluding steroid dienone is 2. The Morgan fingerprint density at radius 2 is 2.03 bits per heavy atom. The molecule has 0 aliphatic carbocycles. The van der Waals surface area contributed by atoms with Crippen molar-refractivity contribution in [2.45, 2.75) is 25.9 Å². The number of aromatic nitrogens is 1. The van der Waals surface area contributed by atoms with E-state index in [0.29, 0.717) is 12.5 Å². The van der Waals surface area contributed by atoms with Gasteiger partial charge in [-0.2, -0.15) is 0 Å². The van der Waals surface area contributed by atoms with E-state index in [1.807, 2.05) is 24.7 Å². The molecule has 1 N–H and O–H groups in total. The van der Waals surface area contributed by atoms with Crippen molar-refractivity contribution < 1.29 is 17.5 Å². The average Bonchev–Trinajstić information content (AvgIpc) is 2.93. The first-order valence-electron chi connectivity index (χ1n) is 12.1. The van der Waals surface area contributed by atoms with Crippen LogP contribution in [0.25, 0.3) is 10.8 Å². The summed E-state index contributed by atoms with van der Waals surface area (Å²) in [5, 5.41) is 6.53. The molecule has 3 aliphatic rings. The first-order valence-corrected chi connectivity index (χ1v) is 22.3. The fourth-order valence-corrected chi connectivity index (χ4v) is 20.5. The zero-order valence-corrected chi connectivity index (χ0v) is 25.6. The van der Waals surface area contributed by atoms with Crippen LogP contribution < -0.4 is 22.8 Å². The van der Waals surface area contributed by atoms with Gasteiger partial charge in [-0.1, -0.05) is 6.07 Å². The Morgan fingerprint density at radius 1 is 1.11 bits per heavy atom. The van der Waals surface area contributed by atoms with Crippen molar-refractivity contribution in [1.82, 2.24) is 15.2 Å². The molecule has 6 rings (SSSR count). The van der Waals surface area contributed by atoms with Crippen LogP contribution in [0.4, 0.5) is 0 Å². The van der Waals surface area contributed by atoms with Gasteiger partial charge in [0.25, 0.3) is 0 Å². The zero-order valence-electron chi connectivity index (χ0n) is 19.7. The molecule has 0 saturated carbocycles. The van der Waals surface area contributed by atoms with E-state index in [0.717, 1.165) is 29.7 Å². The Bertz CT molecular complexity index is 1380. The molecule has 5 nitrogen and oxygen atoms in total. The van der Waals surface area contributed by atoms with Crippen LogP contribution >= 0.6 is 31.8 Å².